The van der Waals surface area contributed by atoms with E-state index in [9.17, 15) is 4.79 Å². The van der Waals surface area contributed by atoms with Crippen molar-refractivity contribution in [3.8, 4) is 5.75 Å². The number of hydrogen-bond acceptors (Lipinski definition) is 4. The van der Waals surface area contributed by atoms with E-state index in [0.717, 1.165) is 40.8 Å². The molecule has 0 unspecified atom stereocenters. The number of rotatable bonds is 9. The maximum Gasteiger partial charge on any atom is 0.251 e. The van der Waals surface area contributed by atoms with Crippen molar-refractivity contribution in [2.45, 2.75) is 19.4 Å². The molecule has 0 atom stereocenters. The van der Waals surface area contributed by atoms with Crippen LogP contribution in [-0.2, 0) is 13.0 Å². The number of nitrogens with zero attached hydrogens (tertiary/aromatic N) is 3. The molecule has 2 aromatic heterocycles. The van der Waals surface area contributed by atoms with Crippen molar-refractivity contribution in [2.24, 2.45) is 0 Å². The lowest BCUT2D eigenvalue weighted by molar-refractivity contribution is 0.0953. The fourth-order valence-electron chi connectivity index (χ4n) is 4.19. The van der Waals surface area contributed by atoms with Gasteiger partial charge in [-0.2, -0.15) is 0 Å². The lowest BCUT2D eigenvalue weighted by Crippen LogP contribution is -2.25. The lowest BCUT2D eigenvalue weighted by Gasteiger charge is -2.12. The first-order chi connectivity index (χ1) is 16.8. The molecular formula is C28H26N4O2. The second-order valence-corrected chi connectivity index (χ2v) is 8.09. The average molecular weight is 451 g/mol. The molecule has 0 aliphatic rings. The Bertz CT molecular complexity index is 1410. The van der Waals surface area contributed by atoms with Crippen LogP contribution in [0.15, 0.2) is 91.3 Å². The van der Waals surface area contributed by atoms with Crippen LogP contribution in [0, 0.1) is 0 Å². The van der Waals surface area contributed by atoms with Gasteiger partial charge in [0.15, 0.2) is 0 Å². The van der Waals surface area contributed by atoms with Crippen molar-refractivity contribution in [1.29, 1.82) is 0 Å². The van der Waals surface area contributed by atoms with Gasteiger partial charge in [-0.3, -0.25) is 9.78 Å². The van der Waals surface area contributed by atoms with Crippen LogP contribution in [0.4, 0.5) is 0 Å². The molecule has 170 valence electrons. The van der Waals surface area contributed by atoms with Crippen LogP contribution in [0.5, 0.6) is 5.75 Å². The molecule has 3 aromatic carbocycles. The van der Waals surface area contributed by atoms with Gasteiger partial charge in [0.05, 0.1) is 17.6 Å². The first-order valence-corrected chi connectivity index (χ1v) is 11.5. The van der Waals surface area contributed by atoms with Crippen LogP contribution in [0.1, 0.15) is 22.6 Å². The highest BCUT2D eigenvalue weighted by Crippen LogP contribution is 2.25. The van der Waals surface area contributed by atoms with Gasteiger partial charge in [-0.15, -0.1) is 0 Å². The molecule has 0 aliphatic heterocycles. The molecule has 34 heavy (non-hydrogen) atoms. The van der Waals surface area contributed by atoms with E-state index >= 15 is 0 Å². The Morgan fingerprint density at radius 1 is 0.912 bits per heavy atom. The lowest BCUT2D eigenvalue weighted by atomic mass is 10.1. The summed E-state index contributed by atoms with van der Waals surface area (Å²) in [5.41, 5.74) is 2.69. The number of fused-ring (bicyclic) bond motifs is 2. The second kappa shape index (κ2) is 10.2. The molecule has 1 amide bonds. The minimum absolute atomic E-state index is 0.0839. The van der Waals surface area contributed by atoms with Crippen molar-refractivity contribution in [2.75, 3.05) is 13.2 Å². The first kappa shape index (κ1) is 21.6. The monoisotopic (exact) mass is 450 g/mol. The molecule has 0 saturated heterocycles. The number of carbonyl (C=O) groups excluding carboxylic acids is 1. The molecule has 0 saturated carbocycles. The summed E-state index contributed by atoms with van der Waals surface area (Å²) in [6, 6.07) is 26.0. The molecular weight excluding hydrogens is 424 g/mol. The standard InChI is InChI=1S/C28H26N4O2/c33-28(22-14-17-29-18-15-22)30-16-6-13-27-31-24-10-3-4-11-25(24)32(27)19-20-34-26-12-5-8-21-7-1-2-9-23(21)26/h1-5,7-12,14-15,17-18H,6,13,16,19-20H2,(H,30,33). The minimum Gasteiger partial charge on any atom is -0.491 e. The summed E-state index contributed by atoms with van der Waals surface area (Å²) in [6.07, 6.45) is 4.80. The van der Waals surface area contributed by atoms with Crippen LogP contribution in [0.3, 0.4) is 0 Å². The van der Waals surface area contributed by atoms with Gasteiger partial charge in [-0.25, -0.2) is 4.98 Å². The summed E-state index contributed by atoms with van der Waals surface area (Å²) in [6.45, 7) is 1.82. The Morgan fingerprint density at radius 2 is 1.71 bits per heavy atom. The van der Waals surface area contributed by atoms with E-state index in [1.165, 1.54) is 5.39 Å². The fourth-order valence-corrected chi connectivity index (χ4v) is 4.19. The van der Waals surface area contributed by atoms with Crippen LogP contribution >= 0.6 is 0 Å². The van der Waals surface area contributed by atoms with E-state index in [1.807, 2.05) is 42.5 Å². The predicted molar refractivity (Wildman–Crippen MR) is 134 cm³/mol. The van der Waals surface area contributed by atoms with E-state index in [1.54, 1.807) is 24.5 Å². The molecule has 0 radical (unpaired) electrons. The predicted octanol–water partition coefficient (Wildman–Crippen LogP) is 5.03. The number of imidazole rings is 1. The van der Waals surface area contributed by atoms with Gasteiger partial charge in [0.25, 0.3) is 5.91 Å². The Hall–Kier alpha value is -4.19. The van der Waals surface area contributed by atoms with Gasteiger partial charge < -0.3 is 14.6 Å². The number of aryl methyl sites for hydroxylation is 1. The maximum absolute atomic E-state index is 12.3. The normalized spacial score (nSPS) is 11.1. The summed E-state index contributed by atoms with van der Waals surface area (Å²) >= 11 is 0. The zero-order valence-corrected chi connectivity index (χ0v) is 18.9. The number of ether oxygens (including phenoxy) is 1. The molecule has 6 nitrogen and oxygen atoms in total. The largest absolute Gasteiger partial charge is 0.491 e. The number of nitrogens with one attached hydrogen (secondary N) is 1. The summed E-state index contributed by atoms with van der Waals surface area (Å²) in [5.74, 6) is 1.81. The minimum atomic E-state index is -0.0839. The van der Waals surface area contributed by atoms with Crippen LogP contribution < -0.4 is 10.1 Å². The highest BCUT2D eigenvalue weighted by atomic mass is 16.5. The second-order valence-electron chi connectivity index (χ2n) is 8.09. The molecule has 2 heterocycles. The third-order valence-corrected chi connectivity index (χ3v) is 5.86. The Morgan fingerprint density at radius 3 is 2.62 bits per heavy atom. The van der Waals surface area contributed by atoms with Crippen LogP contribution in [0.25, 0.3) is 21.8 Å². The van der Waals surface area contributed by atoms with E-state index < -0.39 is 0 Å². The Balaban J connectivity index is 1.24. The van der Waals surface area contributed by atoms with Gasteiger partial charge in [0, 0.05) is 36.3 Å². The quantitative estimate of drug-likeness (QED) is 0.320. The van der Waals surface area contributed by atoms with Crippen molar-refractivity contribution in [1.82, 2.24) is 19.9 Å². The van der Waals surface area contributed by atoms with E-state index in [-0.39, 0.29) is 5.91 Å². The van der Waals surface area contributed by atoms with E-state index in [0.29, 0.717) is 25.3 Å². The molecule has 0 fully saturated rings. The van der Waals surface area contributed by atoms with Gasteiger partial charge in [0.1, 0.15) is 18.2 Å². The number of para-hydroxylation sites is 2. The summed E-state index contributed by atoms with van der Waals surface area (Å²) in [5, 5.41) is 5.26. The Kier molecular flexibility index (Phi) is 6.47. The fraction of sp³-hybridized carbons (Fsp3) is 0.179. The molecule has 0 spiro atoms. The SMILES string of the molecule is O=C(NCCCc1nc2ccccc2n1CCOc1cccc2ccccc12)c1ccncc1. The van der Waals surface area contributed by atoms with Gasteiger partial charge in [-0.1, -0.05) is 48.5 Å². The average Bonchev–Trinajstić information content (AvgIpc) is 3.24. The maximum atomic E-state index is 12.3. The number of carbonyl (C=O) groups is 1. The summed E-state index contributed by atoms with van der Waals surface area (Å²) in [7, 11) is 0. The number of benzene rings is 3. The third kappa shape index (κ3) is 4.76. The van der Waals surface area contributed by atoms with Crippen LogP contribution in [-0.4, -0.2) is 33.6 Å². The smallest absolute Gasteiger partial charge is 0.251 e. The molecule has 0 aliphatic carbocycles. The highest BCUT2D eigenvalue weighted by Gasteiger charge is 2.11. The number of pyridine rings is 1. The molecule has 0 bridgehead atoms. The molecule has 5 rings (SSSR count). The Labute approximate surface area is 198 Å². The van der Waals surface area contributed by atoms with Crippen molar-refractivity contribution in [3.63, 3.8) is 0 Å². The molecule has 1 N–H and O–H groups in total. The number of hydrogen-bond donors (Lipinski definition) is 1. The van der Waals surface area contributed by atoms with E-state index in [2.05, 4.69) is 39.1 Å². The number of aromatic nitrogens is 3. The van der Waals surface area contributed by atoms with E-state index in [4.69, 9.17) is 9.72 Å². The molecule has 6 heteroatoms. The third-order valence-electron chi connectivity index (χ3n) is 5.86. The van der Waals surface area contributed by atoms with Crippen molar-refractivity contribution < 1.29 is 9.53 Å². The number of amides is 1. The van der Waals surface area contributed by atoms with Crippen LogP contribution in [0.2, 0.25) is 0 Å². The zero-order valence-electron chi connectivity index (χ0n) is 18.9. The van der Waals surface area contributed by atoms with Crippen molar-refractivity contribution in [3.05, 3.63) is 103 Å². The molecule has 5 aromatic rings. The van der Waals surface area contributed by atoms with Gasteiger partial charge >= 0.3 is 0 Å². The van der Waals surface area contributed by atoms with Crippen molar-refractivity contribution >= 4 is 27.7 Å². The summed E-state index contributed by atoms with van der Waals surface area (Å²) < 4.78 is 8.42. The summed E-state index contributed by atoms with van der Waals surface area (Å²) in [4.78, 5) is 21.1. The van der Waals surface area contributed by atoms with Gasteiger partial charge in [-0.05, 0) is 42.1 Å². The topological polar surface area (TPSA) is 69.0 Å². The zero-order chi connectivity index (χ0) is 23.2. The van der Waals surface area contributed by atoms with Gasteiger partial charge in [0.2, 0.25) is 0 Å². The first-order valence-electron chi connectivity index (χ1n) is 11.5. The highest BCUT2D eigenvalue weighted by molar-refractivity contribution is 5.93.